The van der Waals surface area contributed by atoms with Gasteiger partial charge in [0.1, 0.15) is 5.60 Å². The van der Waals surface area contributed by atoms with Crippen LogP contribution in [0.5, 0.6) is 0 Å². The molecule has 0 fully saturated rings. The molecule has 0 aromatic heterocycles. The number of hydrogen-bond acceptors (Lipinski definition) is 2. The van der Waals surface area contributed by atoms with E-state index < -0.39 is 5.60 Å². The molecule has 1 aromatic rings. The molecule has 0 atom stereocenters. The van der Waals surface area contributed by atoms with Crippen LogP contribution in [0.25, 0.3) is 5.57 Å². The highest BCUT2D eigenvalue weighted by Crippen LogP contribution is 2.22. The summed E-state index contributed by atoms with van der Waals surface area (Å²) in [5.74, 6) is -0.282. The summed E-state index contributed by atoms with van der Waals surface area (Å²) in [7, 11) is 0. The molecule has 0 radical (unpaired) electrons. The minimum atomic E-state index is -0.474. The van der Waals surface area contributed by atoms with Crippen molar-refractivity contribution in [1.82, 2.24) is 0 Å². The minimum absolute atomic E-state index is 0.282. The monoisotopic (exact) mass is 266 g/mol. The lowest BCUT2D eigenvalue weighted by atomic mass is 10.0. The van der Waals surface area contributed by atoms with Gasteiger partial charge in [0, 0.05) is 10.6 Å². The van der Waals surface area contributed by atoms with E-state index in [9.17, 15) is 4.79 Å². The van der Waals surface area contributed by atoms with Crippen LogP contribution in [-0.4, -0.2) is 11.6 Å². The molecule has 3 heteroatoms. The first-order valence-corrected chi connectivity index (χ1v) is 6.25. The number of allylic oxidation sites excluding steroid dienone is 1. The van der Waals surface area contributed by atoms with E-state index in [-0.39, 0.29) is 5.97 Å². The van der Waals surface area contributed by atoms with Crippen LogP contribution in [0.1, 0.15) is 40.2 Å². The topological polar surface area (TPSA) is 26.3 Å². The molecule has 0 aliphatic carbocycles. The van der Waals surface area contributed by atoms with Crippen LogP contribution >= 0.6 is 11.6 Å². The van der Waals surface area contributed by atoms with Crippen LogP contribution in [-0.2, 0) is 9.53 Å². The molecule has 0 heterocycles. The number of hydrogen-bond donors (Lipinski definition) is 0. The Hall–Kier alpha value is -1.28. The van der Waals surface area contributed by atoms with E-state index in [1.165, 1.54) is 0 Å². The largest absolute Gasteiger partial charge is 0.457 e. The van der Waals surface area contributed by atoms with Crippen molar-refractivity contribution >= 4 is 23.1 Å². The van der Waals surface area contributed by atoms with Crippen LogP contribution in [0, 0.1) is 0 Å². The van der Waals surface area contributed by atoms with Gasteiger partial charge in [-0.1, -0.05) is 23.7 Å². The Morgan fingerprint density at radius 1 is 1.11 bits per heavy atom. The van der Waals surface area contributed by atoms with E-state index in [2.05, 4.69) is 0 Å². The van der Waals surface area contributed by atoms with E-state index in [1.54, 1.807) is 6.92 Å². The number of ether oxygens (including phenoxy) is 1. The molecule has 0 saturated heterocycles. The van der Waals surface area contributed by atoms with Gasteiger partial charge in [-0.2, -0.15) is 0 Å². The van der Waals surface area contributed by atoms with E-state index >= 15 is 0 Å². The summed E-state index contributed by atoms with van der Waals surface area (Å²) in [5, 5.41) is 0.682. The van der Waals surface area contributed by atoms with Gasteiger partial charge in [0.15, 0.2) is 0 Å². The third kappa shape index (κ3) is 4.19. The van der Waals surface area contributed by atoms with Crippen molar-refractivity contribution in [3.63, 3.8) is 0 Å². The lowest BCUT2D eigenvalue weighted by Gasteiger charge is -2.20. The highest BCUT2D eigenvalue weighted by molar-refractivity contribution is 6.30. The Balaban J connectivity index is 2.98. The van der Waals surface area contributed by atoms with Gasteiger partial charge in [-0.15, -0.1) is 0 Å². The Kier molecular flexibility index (Phi) is 4.58. The van der Waals surface area contributed by atoms with Gasteiger partial charge in [0.2, 0.25) is 0 Å². The summed E-state index contributed by atoms with van der Waals surface area (Å²) in [6.45, 7) is 9.25. The Labute approximate surface area is 114 Å². The predicted octanol–water partition coefficient (Wildman–Crippen LogP) is 4.48. The van der Waals surface area contributed by atoms with Crippen molar-refractivity contribution < 1.29 is 9.53 Å². The molecule has 18 heavy (non-hydrogen) atoms. The maximum Gasteiger partial charge on any atom is 0.334 e. The van der Waals surface area contributed by atoms with Crippen LogP contribution in [0.4, 0.5) is 0 Å². The van der Waals surface area contributed by atoms with Gasteiger partial charge in [0.05, 0.1) is 0 Å². The van der Waals surface area contributed by atoms with E-state index in [1.807, 2.05) is 52.0 Å². The van der Waals surface area contributed by atoms with Crippen molar-refractivity contribution in [3.05, 3.63) is 40.4 Å². The van der Waals surface area contributed by atoms with Gasteiger partial charge in [-0.25, -0.2) is 4.79 Å². The molecule has 0 spiro atoms. The number of halogens is 1. The van der Waals surface area contributed by atoms with Gasteiger partial charge in [-0.3, -0.25) is 0 Å². The molecular formula is C15H19ClO2. The lowest BCUT2D eigenvalue weighted by Crippen LogP contribution is -2.24. The molecule has 0 aliphatic heterocycles. The second-order valence-corrected chi connectivity index (χ2v) is 5.70. The molecule has 0 saturated carbocycles. The highest BCUT2D eigenvalue weighted by atomic mass is 35.5. The molecule has 0 amide bonds. The number of carbonyl (C=O) groups excluding carboxylic acids is 1. The van der Waals surface area contributed by atoms with E-state index in [0.29, 0.717) is 10.6 Å². The van der Waals surface area contributed by atoms with Crippen LogP contribution < -0.4 is 0 Å². The number of carbonyl (C=O) groups is 1. The average molecular weight is 267 g/mol. The number of esters is 1. The number of rotatable bonds is 2. The zero-order valence-corrected chi connectivity index (χ0v) is 12.3. The third-order valence-electron chi connectivity index (χ3n) is 2.54. The van der Waals surface area contributed by atoms with Crippen LogP contribution in [0.2, 0.25) is 5.02 Å². The quantitative estimate of drug-likeness (QED) is 0.583. The fourth-order valence-electron chi connectivity index (χ4n) is 1.42. The molecule has 0 bridgehead atoms. The first-order chi connectivity index (χ1) is 8.20. The fourth-order valence-corrected chi connectivity index (χ4v) is 1.55. The molecule has 98 valence electrons. The first kappa shape index (κ1) is 14.8. The molecule has 2 nitrogen and oxygen atoms in total. The molecular weight excluding hydrogens is 248 g/mol. The van der Waals surface area contributed by atoms with Crippen molar-refractivity contribution in [2.75, 3.05) is 0 Å². The first-order valence-electron chi connectivity index (χ1n) is 5.87. The van der Waals surface area contributed by atoms with Crippen molar-refractivity contribution in [3.8, 4) is 0 Å². The minimum Gasteiger partial charge on any atom is -0.457 e. The normalized spacial score (nSPS) is 13.0. The summed E-state index contributed by atoms with van der Waals surface area (Å²) in [4.78, 5) is 11.9. The Morgan fingerprint density at radius 3 is 2.06 bits per heavy atom. The van der Waals surface area contributed by atoms with Crippen molar-refractivity contribution in [1.29, 1.82) is 0 Å². The maximum atomic E-state index is 11.9. The number of benzene rings is 1. The summed E-state index contributed by atoms with van der Waals surface area (Å²) in [5.41, 5.74) is 2.02. The molecule has 0 aliphatic rings. The van der Waals surface area contributed by atoms with Crippen molar-refractivity contribution in [2.45, 2.75) is 40.2 Å². The molecule has 1 aromatic carbocycles. The standard InChI is InChI=1S/C15H19ClO2/c1-10(12-6-8-13(16)9-7-12)11(2)14(17)18-15(3,4)5/h6-9H,1-5H3/b11-10+. The van der Waals surface area contributed by atoms with E-state index in [4.69, 9.17) is 16.3 Å². The Morgan fingerprint density at radius 2 is 1.61 bits per heavy atom. The van der Waals surface area contributed by atoms with Gasteiger partial charge in [-0.05, 0) is 57.9 Å². The van der Waals surface area contributed by atoms with Crippen LogP contribution in [0.15, 0.2) is 29.8 Å². The zero-order chi connectivity index (χ0) is 13.9. The Bertz CT molecular complexity index is 464. The van der Waals surface area contributed by atoms with E-state index in [0.717, 1.165) is 11.1 Å². The van der Waals surface area contributed by atoms with Gasteiger partial charge < -0.3 is 4.74 Å². The van der Waals surface area contributed by atoms with Crippen molar-refractivity contribution in [2.24, 2.45) is 0 Å². The lowest BCUT2D eigenvalue weighted by molar-refractivity contribution is -0.149. The third-order valence-corrected chi connectivity index (χ3v) is 2.80. The highest BCUT2D eigenvalue weighted by Gasteiger charge is 2.19. The second kappa shape index (κ2) is 5.57. The van der Waals surface area contributed by atoms with Crippen LogP contribution in [0.3, 0.4) is 0 Å². The molecule has 1 rings (SSSR count). The predicted molar refractivity (Wildman–Crippen MR) is 75.6 cm³/mol. The van der Waals surface area contributed by atoms with Gasteiger partial charge >= 0.3 is 5.97 Å². The summed E-state index contributed by atoms with van der Waals surface area (Å²) >= 11 is 5.84. The molecule has 0 unspecified atom stereocenters. The molecule has 0 N–H and O–H groups in total. The second-order valence-electron chi connectivity index (χ2n) is 5.26. The van der Waals surface area contributed by atoms with Gasteiger partial charge in [0.25, 0.3) is 0 Å². The summed E-state index contributed by atoms with van der Waals surface area (Å²) in [6, 6.07) is 7.41. The zero-order valence-electron chi connectivity index (χ0n) is 11.5. The summed E-state index contributed by atoms with van der Waals surface area (Å²) in [6.07, 6.45) is 0. The maximum absolute atomic E-state index is 11.9. The average Bonchev–Trinajstić information content (AvgIpc) is 2.26. The fraction of sp³-hybridized carbons (Fsp3) is 0.400. The SMILES string of the molecule is C/C(C(=O)OC(C)(C)C)=C(/C)c1ccc(Cl)cc1. The smallest absolute Gasteiger partial charge is 0.334 e. The summed E-state index contributed by atoms with van der Waals surface area (Å²) < 4.78 is 5.34.